The van der Waals surface area contributed by atoms with E-state index in [9.17, 15) is 18.0 Å². The Labute approximate surface area is 124 Å². The first-order valence-corrected chi connectivity index (χ1v) is 9.23. The van der Waals surface area contributed by atoms with E-state index in [0.717, 1.165) is 19.1 Å². The molecule has 0 aromatic rings. The van der Waals surface area contributed by atoms with Gasteiger partial charge in [-0.05, 0) is 43.4 Å². The number of nitrogens with one attached hydrogen (secondary N) is 2. The minimum Gasteiger partial charge on any atom is -0.480 e. The number of carbonyl (C=O) groups excluding carboxylic acids is 1. The third-order valence-electron chi connectivity index (χ3n) is 4.32. The molecular formula is C13H22N2O5S. The van der Waals surface area contributed by atoms with Gasteiger partial charge in [-0.2, -0.15) is 0 Å². The second-order valence-electron chi connectivity index (χ2n) is 6.27. The van der Waals surface area contributed by atoms with Crippen LogP contribution in [0.25, 0.3) is 0 Å². The van der Waals surface area contributed by atoms with Crippen molar-refractivity contribution in [2.24, 2.45) is 11.3 Å². The van der Waals surface area contributed by atoms with Crippen LogP contribution in [0.5, 0.6) is 0 Å². The lowest BCUT2D eigenvalue weighted by molar-refractivity contribution is -0.139. The Morgan fingerprint density at radius 1 is 1.33 bits per heavy atom. The van der Waals surface area contributed by atoms with Gasteiger partial charge in [-0.25, -0.2) is 18.0 Å². The molecule has 2 amide bonds. The van der Waals surface area contributed by atoms with Gasteiger partial charge >= 0.3 is 12.0 Å². The molecule has 0 aliphatic heterocycles. The lowest BCUT2D eigenvalue weighted by Gasteiger charge is -2.18. The van der Waals surface area contributed by atoms with Crippen LogP contribution >= 0.6 is 0 Å². The van der Waals surface area contributed by atoms with Gasteiger partial charge < -0.3 is 15.7 Å². The van der Waals surface area contributed by atoms with Gasteiger partial charge in [0.15, 0.2) is 0 Å². The highest BCUT2D eigenvalue weighted by Gasteiger charge is 2.53. The van der Waals surface area contributed by atoms with Crippen LogP contribution in [-0.4, -0.2) is 50.1 Å². The number of aliphatic carboxylic acids is 1. The fourth-order valence-corrected chi connectivity index (χ4v) is 3.30. The second-order valence-corrected chi connectivity index (χ2v) is 8.53. The zero-order chi connectivity index (χ0) is 15.7. The Morgan fingerprint density at radius 3 is 2.38 bits per heavy atom. The first-order chi connectivity index (χ1) is 9.72. The second kappa shape index (κ2) is 5.82. The molecule has 3 N–H and O–H groups in total. The minimum absolute atomic E-state index is 0.130. The summed E-state index contributed by atoms with van der Waals surface area (Å²) in [7, 11) is -3.25. The predicted molar refractivity (Wildman–Crippen MR) is 76.7 cm³/mol. The van der Waals surface area contributed by atoms with Crippen molar-refractivity contribution in [2.75, 3.05) is 18.6 Å². The molecule has 0 radical (unpaired) electrons. The normalized spacial score (nSPS) is 21.4. The zero-order valence-electron chi connectivity index (χ0n) is 12.1. The number of hydrogen-bond acceptors (Lipinski definition) is 4. The molecule has 2 aliphatic rings. The van der Waals surface area contributed by atoms with Crippen molar-refractivity contribution in [2.45, 2.75) is 38.1 Å². The Kier molecular flexibility index (Phi) is 4.46. The molecule has 7 nitrogen and oxygen atoms in total. The summed E-state index contributed by atoms with van der Waals surface area (Å²) < 4.78 is 22.1. The summed E-state index contributed by atoms with van der Waals surface area (Å²) in [5.41, 5.74) is 0.239. The third-order valence-corrected chi connectivity index (χ3v) is 5.29. The van der Waals surface area contributed by atoms with Crippen LogP contribution in [0.3, 0.4) is 0 Å². The van der Waals surface area contributed by atoms with Crippen molar-refractivity contribution >= 4 is 21.8 Å². The van der Waals surface area contributed by atoms with E-state index in [1.807, 2.05) is 0 Å². The number of sulfone groups is 1. The Hall–Kier alpha value is -1.31. The topological polar surface area (TPSA) is 113 Å². The van der Waals surface area contributed by atoms with Crippen molar-refractivity contribution in [3.8, 4) is 0 Å². The van der Waals surface area contributed by atoms with E-state index in [2.05, 4.69) is 10.6 Å². The fourth-order valence-electron chi connectivity index (χ4n) is 2.64. The summed E-state index contributed by atoms with van der Waals surface area (Å²) in [5.74, 6) is -0.786. The zero-order valence-corrected chi connectivity index (χ0v) is 12.9. The smallest absolute Gasteiger partial charge is 0.326 e. The summed E-state index contributed by atoms with van der Waals surface area (Å²) in [6.07, 6.45) is 5.58. The number of carbonyl (C=O) groups is 2. The van der Waals surface area contributed by atoms with Gasteiger partial charge in [0.25, 0.3) is 0 Å². The van der Waals surface area contributed by atoms with Gasteiger partial charge in [0.05, 0.1) is 5.75 Å². The van der Waals surface area contributed by atoms with E-state index in [0.29, 0.717) is 12.5 Å². The van der Waals surface area contributed by atoms with Crippen LogP contribution < -0.4 is 10.6 Å². The highest BCUT2D eigenvalue weighted by atomic mass is 32.2. The molecule has 8 heteroatoms. The number of urea groups is 1. The number of rotatable bonds is 8. The molecule has 2 aliphatic carbocycles. The van der Waals surface area contributed by atoms with Crippen molar-refractivity contribution in [1.29, 1.82) is 0 Å². The lowest BCUT2D eigenvalue weighted by atomic mass is 10.0. The van der Waals surface area contributed by atoms with Crippen LogP contribution in [-0.2, 0) is 14.6 Å². The number of carboxylic acid groups (broad SMARTS) is 1. The molecule has 2 rings (SSSR count). The van der Waals surface area contributed by atoms with Gasteiger partial charge in [0.2, 0.25) is 0 Å². The summed E-state index contributed by atoms with van der Waals surface area (Å²) >= 11 is 0. The molecule has 0 spiro atoms. The quantitative estimate of drug-likeness (QED) is 0.598. The number of amides is 2. The Morgan fingerprint density at radius 2 is 1.95 bits per heavy atom. The third kappa shape index (κ3) is 4.87. The number of carboxylic acids is 1. The SMILES string of the molecule is CS(=O)(=O)CCC(NC(=O)NCC1(C2CC2)CC1)C(=O)O. The van der Waals surface area contributed by atoms with Gasteiger partial charge in [0, 0.05) is 12.8 Å². The highest BCUT2D eigenvalue weighted by Crippen LogP contribution is 2.60. The van der Waals surface area contributed by atoms with E-state index < -0.39 is 27.9 Å². The molecule has 0 aromatic heterocycles. The minimum atomic E-state index is -3.25. The molecule has 0 saturated heterocycles. The molecule has 2 saturated carbocycles. The molecule has 1 unspecified atom stereocenters. The first-order valence-electron chi connectivity index (χ1n) is 7.17. The van der Waals surface area contributed by atoms with Crippen molar-refractivity contribution < 1.29 is 23.1 Å². The standard InChI is InChI=1S/C13H22N2O5S/c1-21(19,20)7-4-10(11(16)17)15-12(18)14-8-13(5-6-13)9-2-3-9/h9-10H,2-8H2,1H3,(H,16,17)(H2,14,15,18). The number of hydrogen-bond donors (Lipinski definition) is 3. The van der Waals surface area contributed by atoms with E-state index >= 15 is 0 Å². The van der Waals surface area contributed by atoms with Crippen molar-refractivity contribution in [3.63, 3.8) is 0 Å². The van der Waals surface area contributed by atoms with Gasteiger partial charge in [-0.3, -0.25) is 0 Å². The Balaban J connectivity index is 1.76. The molecule has 21 heavy (non-hydrogen) atoms. The molecule has 0 bridgehead atoms. The van der Waals surface area contributed by atoms with Crippen LogP contribution in [0.2, 0.25) is 0 Å². The molecule has 2 fully saturated rings. The largest absolute Gasteiger partial charge is 0.480 e. The van der Waals surface area contributed by atoms with Crippen LogP contribution in [0, 0.1) is 11.3 Å². The Bertz CT molecular complexity index is 523. The average Bonchev–Trinajstić information content (AvgIpc) is 3.23. The molecule has 120 valence electrons. The van der Waals surface area contributed by atoms with Crippen molar-refractivity contribution in [1.82, 2.24) is 10.6 Å². The summed E-state index contributed by atoms with van der Waals surface area (Å²) in [4.78, 5) is 22.8. The van der Waals surface area contributed by atoms with E-state index in [-0.39, 0.29) is 17.6 Å². The average molecular weight is 318 g/mol. The monoisotopic (exact) mass is 318 g/mol. The van der Waals surface area contributed by atoms with E-state index in [4.69, 9.17) is 5.11 Å². The lowest BCUT2D eigenvalue weighted by Crippen LogP contribution is -2.48. The fraction of sp³-hybridized carbons (Fsp3) is 0.846. The molecule has 1 atom stereocenters. The van der Waals surface area contributed by atoms with Crippen LogP contribution in [0.15, 0.2) is 0 Å². The van der Waals surface area contributed by atoms with E-state index in [1.165, 1.54) is 12.8 Å². The maximum absolute atomic E-state index is 11.8. The first kappa shape index (κ1) is 16.1. The molecule has 0 aromatic carbocycles. The maximum Gasteiger partial charge on any atom is 0.326 e. The van der Waals surface area contributed by atoms with E-state index in [1.54, 1.807) is 0 Å². The van der Waals surface area contributed by atoms with Gasteiger partial charge in [0.1, 0.15) is 15.9 Å². The molecular weight excluding hydrogens is 296 g/mol. The van der Waals surface area contributed by atoms with Gasteiger partial charge in [-0.15, -0.1) is 0 Å². The highest BCUT2D eigenvalue weighted by molar-refractivity contribution is 7.90. The van der Waals surface area contributed by atoms with Crippen LogP contribution in [0.1, 0.15) is 32.1 Å². The molecule has 0 heterocycles. The maximum atomic E-state index is 11.8. The summed E-state index contributed by atoms with van der Waals surface area (Å²) in [6, 6.07) is -1.72. The van der Waals surface area contributed by atoms with Gasteiger partial charge in [-0.1, -0.05) is 0 Å². The predicted octanol–water partition coefficient (Wildman–Crippen LogP) is 0.364. The van der Waals surface area contributed by atoms with Crippen LogP contribution in [0.4, 0.5) is 4.79 Å². The summed E-state index contributed by atoms with van der Waals surface area (Å²) in [5, 5.41) is 14.1. The summed E-state index contributed by atoms with van der Waals surface area (Å²) in [6.45, 7) is 0.571. The van der Waals surface area contributed by atoms with Crippen molar-refractivity contribution in [3.05, 3.63) is 0 Å².